The third kappa shape index (κ3) is 3.25. The van der Waals surface area contributed by atoms with Crippen molar-refractivity contribution in [3.8, 4) is 0 Å². The fraction of sp³-hybridized carbons (Fsp3) is 0.900. The summed E-state index contributed by atoms with van der Waals surface area (Å²) in [5.74, 6) is 0.563. The fourth-order valence-corrected chi connectivity index (χ4v) is 2.49. The van der Waals surface area contributed by atoms with Crippen molar-refractivity contribution in [1.82, 2.24) is 0 Å². The van der Waals surface area contributed by atoms with E-state index in [0.29, 0.717) is 5.92 Å². The van der Waals surface area contributed by atoms with Gasteiger partial charge in [-0.15, -0.1) is 0 Å². The minimum atomic E-state index is -1.14. The molecule has 1 N–H and O–H groups in total. The molecule has 0 aromatic carbocycles. The summed E-state index contributed by atoms with van der Waals surface area (Å²) in [5, 5.41) is 8.50. The molecule has 2 atom stereocenters. The summed E-state index contributed by atoms with van der Waals surface area (Å²) in [6.45, 7) is 6.49. The molecular formula is C10H18O3. The third-order valence-corrected chi connectivity index (χ3v) is 2.61. The Hall–Kier alpha value is -0.730. The van der Waals surface area contributed by atoms with E-state index in [-0.39, 0.29) is 11.5 Å². The SMILES string of the molecule is C[C@H]1C[C@H](OC(=O)O)CC(C)(C)C1. The Morgan fingerprint density at radius 1 is 1.46 bits per heavy atom. The molecule has 1 saturated carbocycles. The molecule has 0 heterocycles. The highest BCUT2D eigenvalue weighted by atomic mass is 16.7. The number of hydrogen-bond acceptors (Lipinski definition) is 2. The van der Waals surface area contributed by atoms with Crippen molar-refractivity contribution in [3.63, 3.8) is 0 Å². The van der Waals surface area contributed by atoms with Gasteiger partial charge in [0.1, 0.15) is 6.10 Å². The van der Waals surface area contributed by atoms with Crippen molar-refractivity contribution in [2.24, 2.45) is 11.3 Å². The highest BCUT2D eigenvalue weighted by Gasteiger charge is 2.33. The van der Waals surface area contributed by atoms with E-state index >= 15 is 0 Å². The summed E-state index contributed by atoms with van der Waals surface area (Å²) in [5.41, 5.74) is 0.220. The summed E-state index contributed by atoms with van der Waals surface area (Å²) in [4.78, 5) is 10.4. The second-order valence-corrected chi connectivity index (χ2v) is 4.92. The van der Waals surface area contributed by atoms with Gasteiger partial charge >= 0.3 is 6.16 Å². The van der Waals surface area contributed by atoms with E-state index in [0.717, 1.165) is 19.3 Å². The molecule has 0 aliphatic heterocycles. The summed E-state index contributed by atoms with van der Waals surface area (Å²) >= 11 is 0. The maximum Gasteiger partial charge on any atom is 0.506 e. The predicted molar refractivity (Wildman–Crippen MR) is 49.7 cm³/mol. The van der Waals surface area contributed by atoms with Crippen molar-refractivity contribution in [3.05, 3.63) is 0 Å². The normalized spacial score (nSPS) is 32.5. The van der Waals surface area contributed by atoms with Crippen LogP contribution in [-0.4, -0.2) is 17.4 Å². The van der Waals surface area contributed by atoms with E-state index in [1.807, 2.05) is 0 Å². The van der Waals surface area contributed by atoms with Gasteiger partial charge in [-0.1, -0.05) is 20.8 Å². The second kappa shape index (κ2) is 3.56. The van der Waals surface area contributed by atoms with E-state index in [4.69, 9.17) is 9.84 Å². The smallest absolute Gasteiger partial charge is 0.450 e. The monoisotopic (exact) mass is 186 g/mol. The lowest BCUT2D eigenvalue weighted by Crippen LogP contribution is -2.33. The van der Waals surface area contributed by atoms with E-state index in [9.17, 15) is 4.79 Å². The Labute approximate surface area is 79.1 Å². The highest BCUT2D eigenvalue weighted by Crippen LogP contribution is 2.39. The largest absolute Gasteiger partial charge is 0.506 e. The number of carbonyl (C=O) groups is 1. The fourth-order valence-electron chi connectivity index (χ4n) is 2.49. The minimum Gasteiger partial charge on any atom is -0.450 e. The molecule has 3 nitrogen and oxygen atoms in total. The molecule has 0 amide bonds. The third-order valence-electron chi connectivity index (χ3n) is 2.61. The summed E-state index contributed by atoms with van der Waals surface area (Å²) in [6.07, 6.45) is 1.64. The molecule has 1 aliphatic carbocycles. The van der Waals surface area contributed by atoms with Gasteiger partial charge in [0.15, 0.2) is 0 Å². The Morgan fingerprint density at radius 3 is 2.54 bits per heavy atom. The molecule has 0 saturated heterocycles. The van der Waals surface area contributed by atoms with Gasteiger partial charge in [-0.25, -0.2) is 4.79 Å². The standard InChI is InChI=1S/C10H18O3/c1-7-4-8(13-9(11)12)6-10(2,3)5-7/h7-8H,4-6H2,1-3H3,(H,11,12)/t7-,8-/m0/s1. The van der Waals surface area contributed by atoms with E-state index < -0.39 is 6.16 Å². The molecular weight excluding hydrogens is 168 g/mol. The van der Waals surface area contributed by atoms with Crippen LogP contribution in [0.3, 0.4) is 0 Å². The average molecular weight is 186 g/mol. The Morgan fingerprint density at radius 2 is 2.08 bits per heavy atom. The lowest BCUT2D eigenvalue weighted by atomic mass is 9.71. The van der Waals surface area contributed by atoms with Crippen LogP contribution in [0.5, 0.6) is 0 Å². The van der Waals surface area contributed by atoms with Gasteiger partial charge in [0.05, 0.1) is 0 Å². The van der Waals surface area contributed by atoms with Crippen LogP contribution in [-0.2, 0) is 4.74 Å². The van der Waals surface area contributed by atoms with E-state index in [2.05, 4.69) is 20.8 Å². The molecule has 0 spiro atoms. The van der Waals surface area contributed by atoms with Crippen LogP contribution in [0.15, 0.2) is 0 Å². The number of ether oxygens (including phenoxy) is 1. The topological polar surface area (TPSA) is 46.5 Å². The zero-order valence-corrected chi connectivity index (χ0v) is 8.54. The zero-order chi connectivity index (χ0) is 10.1. The highest BCUT2D eigenvalue weighted by molar-refractivity contribution is 5.57. The first kappa shape index (κ1) is 10.4. The summed E-state index contributed by atoms with van der Waals surface area (Å²) in [7, 11) is 0. The first-order valence-corrected chi connectivity index (χ1v) is 4.79. The maximum absolute atomic E-state index is 10.4. The van der Waals surface area contributed by atoms with Crippen molar-refractivity contribution >= 4 is 6.16 Å². The summed E-state index contributed by atoms with van der Waals surface area (Å²) < 4.78 is 4.81. The number of hydrogen-bond donors (Lipinski definition) is 1. The Balaban J connectivity index is 2.52. The van der Waals surface area contributed by atoms with Gasteiger partial charge in [-0.2, -0.15) is 0 Å². The Bertz CT molecular complexity index is 198. The molecule has 1 aliphatic rings. The van der Waals surface area contributed by atoms with Crippen molar-refractivity contribution in [2.45, 2.75) is 46.1 Å². The molecule has 0 radical (unpaired) electrons. The zero-order valence-electron chi connectivity index (χ0n) is 8.54. The first-order valence-electron chi connectivity index (χ1n) is 4.79. The molecule has 0 aromatic rings. The lowest BCUT2D eigenvalue weighted by molar-refractivity contribution is -0.00505. The van der Waals surface area contributed by atoms with Crippen LogP contribution in [0.2, 0.25) is 0 Å². The number of carboxylic acid groups (broad SMARTS) is 1. The van der Waals surface area contributed by atoms with E-state index in [1.54, 1.807) is 0 Å². The van der Waals surface area contributed by atoms with Crippen molar-refractivity contribution in [1.29, 1.82) is 0 Å². The van der Waals surface area contributed by atoms with Crippen molar-refractivity contribution < 1.29 is 14.6 Å². The van der Waals surface area contributed by atoms with Gasteiger partial charge in [0.25, 0.3) is 0 Å². The molecule has 1 rings (SSSR count). The maximum atomic E-state index is 10.4. The molecule has 0 bridgehead atoms. The van der Waals surface area contributed by atoms with Crippen LogP contribution in [0, 0.1) is 11.3 Å². The quantitative estimate of drug-likeness (QED) is 0.640. The first-order chi connectivity index (χ1) is 5.89. The molecule has 0 aromatic heterocycles. The predicted octanol–water partition coefficient (Wildman–Crippen LogP) is 2.90. The van der Waals surface area contributed by atoms with Crippen LogP contribution in [0.25, 0.3) is 0 Å². The lowest BCUT2D eigenvalue weighted by Gasteiger charge is -2.37. The van der Waals surface area contributed by atoms with E-state index in [1.165, 1.54) is 0 Å². The van der Waals surface area contributed by atoms with Crippen LogP contribution < -0.4 is 0 Å². The molecule has 1 fully saturated rings. The molecule has 0 unspecified atom stereocenters. The average Bonchev–Trinajstić information content (AvgIpc) is 1.78. The summed E-state index contributed by atoms with van der Waals surface area (Å²) in [6, 6.07) is 0. The van der Waals surface area contributed by atoms with Gasteiger partial charge in [0.2, 0.25) is 0 Å². The van der Waals surface area contributed by atoms with Crippen LogP contribution in [0.4, 0.5) is 4.79 Å². The van der Waals surface area contributed by atoms with Crippen molar-refractivity contribution in [2.75, 3.05) is 0 Å². The minimum absolute atomic E-state index is 0.101. The van der Waals surface area contributed by atoms with Gasteiger partial charge in [-0.3, -0.25) is 0 Å². The number of rotatable bonds is 1. The molecule has 76 valence electrons. The molecule has 13 heavy (non-hydrogen) atoms. The second-order valence-electron chi connectivity index (χ2n) is 4.92. The van der Waals surface area contributed by atoms with Gasteiger partial charge in [0, 0.05) is 0 Å². The van der Waals surface area contributed by atoms with Gasteiger partial charge in [-0.05, 0) is 30.6 Å². The Kier molecular flexibility index (Phi) is 2.84. The van der Waals surface area contributed by atoms with Crippen LogP contribution >= 0.6 is 0 Å². The molecule has 3 heteroatoms. The van der Waals surface area contributed by atoms with Gasteiger partial charge < -0.3 is 9.84 Å². The van der Waals surface area contributed by atoms with Crippen LogP contribution in [0.1, 0.15) is 40.0 Å².